The third kappa shape index (κ3) is 3.41. The third-order valence-corrected chi connectivity index (χ3v) is 2.15. The number of hydrogen-bond donors (Lipinski definition) is 2. The van der Waals surface area contributed by atoms with Crippen LogP contribution in [0.15, 0.2) is 24.5 Å². The Bertz CT molecular complexity index is 248. The summed E-state index contributed by atoms with van der Waals surface area (Å²) in [6.07, 6.45) is 4.60. The Labute approximate surface area is 85.1 Å². The van der Waals surface area contributed by atoms with Crippen molar-refractivity contribution in [1.29, 1.82) is 0 Å². The summed E-state index contributed by atoms with van der Waals surface area (Å²) in [5.41, 5.74) is 3.94. The van der Waals surface area contributed by atoms with Gasteiger partial charge in [0.15, 0.2) is 0 Å². The Kier molecular flexibility index (Phi) is 4.52. The van der Waals surface area contributed by atoms with Crippen LogP contribution in [-0.2, 0) is 0 Å². The van der Waals surface area contributed by atoms with E-state index in [1.54, 1.807) is 6.20 Å². The molecule has 1 heterocycles. The number of nitrogens with one attached hydrogen (secondary N) is 1. The molecular weight excluding hydrogens is 176 g/mol. The van der Waals surface area contributed by atoms with Crippen LogP contribution in [0.2, 0.25) is 0 Å². The Hall–Kier alpha value is -0.970. The quantitative estimate of drug-likeness (QED) is 0.530. The summed E-state index contributed by atoms with van der Waals surface area (Å²) >= 11 is 0. The molecule has 0 fully saturated rings. The number of pyridine rings is 1. The molecule has 78 valence electrons. The Morgan fingerprint density at radius 3 is 2.86 bits per heavy atom. The van der Waals surface area contributed by atoms with Crippen LogP contribution in [0, 0.1) is 0 Å². The van der Waals surface area contributed by atoms with Gasteiger partial charge in [0, 0.05) is 18.4 Å². The highest BCUT2D eigenvalue weighted by Crippen LogP contribution is 2.13. The SMILES string of the molecule is CN(C)CCC(NN)c1cccnc1. The fourth-order valence-electron chi connectivity index (χ4n) is 1.32. The second-order valence-electron chi connectivity index (χ2n) is 3.60. The van der Waals surface area contributed by atoms with Gasteiger partial charge in [0.2, 0.25) is 0 Å². The minimum absolute atomic E-state index is 0.186. The van der Waals surface area contributed by atoms with E-state index >= 15 is 0 Å². The summed E-state index contributed by atoms with van der Waals surface area (Å²) in [5, 5.41) is 0. The van der Waals surface area contributed by atoms with Gasteiger partial charge in [-0.25, -0.2) is 0 Å². The molecule has 0 saturated heterocycles. The predicted octanol–water partition coefficient (Wildman–Crippen LogP) is 0.538. The predicted molar refractivity (Wildman–Crippen MR) is 57.5 cm³/mol. The summed E-state index contributed by atoms with van der Waals surface area (Å²) in [7, 11) is 4.10. The maximum absolute atomic E-state index is 5.49. The highest BCUT2D eigenvalue weighted by Gasteiger charge is 2.08. The van der Waals surface area contributed by atoms with E-state index < -0.39 is 0 Å². The number of aromatic nitrogens is 1. The van der Waals surface area contributed by atoms with Gasteiger partial charge < -0.3 is 4.90 Å². The second kappa shape index (κ2) is 5.70. The van der Waals surface area contributed by atoms with Crippen LogP contribution in [0.1, 0.15) is 18.0 Å². The molecule has 0 saturated carbocycles. The first kappa shape index (κ1) is 11.1. The molecular formula is C10H18N4. The van der Waals surface area contributed by atoms with Gasteiger partial charge in [0.25, 0.3) is 0 Å². The third-order valence-electron chi connectivity index (χ3n) is 2.15. The van der Waals surface area contributed by atoms with Crippen molar-refractivity contribution in [3.8, 4) is 0 Å². The molecule has 3 N–H and O–H groups in total. The normalized spacial score (nSPS) is 13.1. The molecule has 0 aliphatic heterocycles. The summed E-state index contributed by atoms with van der Waals surface area (Å²) in [4.78, 5) is 6.21. The van der Waals surface area contributed by atoms with Gasteiger partial charge in [-0.3, -0.25) is 16.3 Å². The van der Waals surface area contributed by atoms with Gasteiger partial charge in [0.1, 0.15) is 0 Å². The zero-order valence-electron chi connectivity index (χ0n) is 8.77. The molecule has 1 atom stereocenters. The number of hydrazine groups is 1. The molecule has 0 aliphatic rings. The summed E-state index contributed by atoms with van der Waals surface area (Å²) in [6, 6.07) is 4.15. The lowest BCUT2D eigenvalue weighted by Crippen LogP contribution is -2.30. The molecule has 4 heteroatoms. The van der Waals surface area contributed by atoms with E-state index in [2.05, 4.69) is 29.4 Å². The first-order valence-electron chi connectivity index (χ1n) is 4.75. The van der Waals surface area contributed by atoms with Crippen molar-refractivity contribution in [2.24, 2.45) is 5.84 Å². The molecule has 0 aliphatic carbocycles. The standard InChI is InChI=1S/C10H18N4/c1-14(2)7-5-10(13-11)9-4-3-6-12-8-9/h3-4,6,8,10,13H,5,7,11H2,1-2H3. The van der Waals surface area contributed by atoms with Crippen molar-refractivity contribution >= 4 is 0 Å². The minimum atomic E-state index is 0.186. The van der Waals surface area contributed by atoms with E-state index in [0.29, 0.717) is 0 Å². The van der Waals surface area contributed by atoms with Crippen molar-refractivity contribution in [2.45, 2.75) is 12.5 Å². The maximum Gasteiger partial charge on any atom is 0.0487 e. The second-order valence-corrected chi connectivity index (χ2v) is 3.60. The van der Waals surface area contributed by atoms with Crippen molar-refractivity contribution in [3.63, 3.8) is 0 Å². The maximum atomic E-state index is 5.49. The molecule has 1 aromatic rings. The van der Waals surface area contributed by atoms with Gasteiger partial charge in [-0.15, -0.1) is 0 Å². The topological polar surface area (TPSA) is 54.2 Å². The molecule has 0 amide bonds. The van der Waals surface area contributed by atoms with Gasteiger partial charge in [-0.05, 0) is 38.7 Å². The Morgan fingerprint density at radius 1 is 1.57 bits per heavy atom. The average molecular weight is 194 g/mol. The van der Waals surface area contributed by atoms with Crippen LogP contribution in [-0.4, -0.2) is 30.5 Å². The van der Waals surface area contributed by atoms with Crippen LogP contribution in [0.5, 0.6) is 0 Å². The minimum Gasteiger partial charge on any atom is -0.309 e. The Morgan fingerprint density at radius 2 is 2.36 bits per heavy atom. The average Bonchev–Trinajstić information content (AvgIpc) is 2.20. The van der Waals surface area contributed by atoms with Crippen molar-refractivity contribution in [1.82, 2.24) is 15.3 Å². The van der Waals surface area contributed by atoms with Gasteiger partial charge in [-0.1, -0.05) is 6.07 Å². The first-order valence-corrected chi connectivity index (χ1v) is 4.75. The lowest BCUT2D eigenvalue weighted by atomic mass is 10.1. The molecule has 0 bridgehead atoms. The van der Waals surface area contributed by atoms with Crippen LogP contribution >= 0.6 is 0 Å². The van der Waals surface area contributed by atoms with Gasteiger partial charge in [0.05, 0.1) is 0 Å². The number of hydrogen-bond acceptors (Lipinski definition) is 4. The van der Waals surface area contributed by atoms with E-state index in [1.807, 2.05) is 18.3 Å². The first-order chi connectivity index (χ1) is 6.74. The van der Waals surface area contributed by atoms with Gasteiger partial charge in [-0.2, -0.15) is 0 Å². The van der Waals surface area contributed by atoms with Crippen LogP contribution in [0.25, 0.3) is 0 Å². The molecule has 0 aromatic carbocycles. The van der Waals surface area contributed by atoms with E-state index in [1.165, 1.54) is 0 Å². The molecule has 0 radical (unpaired) electrons. The molecule has 14 heavy (non-hydrogen) atoms. The molecule has 1 rings (SSSR count). The van der Waals surface area contributed by atoms with E-state index in [-0.39, 0.29) is 6.04 Å². The molecule has 1 aromatic heterocycles. The highest BCUT2D eigenvalue weighted by atomic mass is 15.2. The zero-order chi connectivity index (χ0) is 10.4. The Balaban J connectivity index is 2.54. The fourth-order valence-corrected chi connectivity index (χ4v) is 1.32. The lowest BCUT2D eigenvalue weighted by Gasteiger charge is -2.18. The fraction of sp³-hybridized carbons (Fsp3) is 0.500. The summed E-state index contributed by atoms with van der Waals surface area (Å²) in [5.74, 6) is 5.49. The number of nitrogens with zero attached hydrogens (tertiary/aromatic N) is 2. The molecule has 4 nitrogen and oxygen atoms in total. The zero-order valence-corrected chi connectivity index (χ0v) is 8.77. The number of nitrogens with two attached hydrogens (primary N) is 1. The highest BCUT2D eigenvalue weighted by molar-refractivity contribution is 5.13. The smallest absolute Gasteiger partial charge is 0.0487 e. The van der Waals surface area contributed by atoms with E-state index in [4.69, 9.17) is 5.84 Å². The van der Waals surface area contributed by atoms with Crippen LogP contribution < -0.4 is 11.3 Å². The van der Waals surface area contributed by atoms with Crippen molar-refractivity contribution in [3.05, 3.63) is 30.1 Å². The lowest BCUT2D eigenvalue weighted by molar-refractivity contribution is 0.362. The van der Waals surface area contributed by atoms with Crippen molar-refractivity contribution < 1.29 is 0 Å². The van der Waals surface area contributed by atoms with E-state index in [0.717, 1.165) is 18.5 Å². The summed E-state index contributed by atoms with van der Waals surface area (Å²) in [6.45, 7) is 1.00. The van der Waals surface area contributed by atoms with Crippen LogP contribution in [0.3, 0.4) is 0 Å². The largest absolute Gasteiger partial charge is 0.309 e. The van der Waals surface area contributed by atoms with Gasteiger partial charge >= 0.3 is 0 Å². The van der Waals surface area contributed by atoms with Crippen molar-refractivity contribution in [2.75, 3.05) is 20.6 Å². The monoisotopic (exact) mass is 194 g/mol. The van der Waals surface area contributed by atoms with E-state index in [9.17, 15) is 0 Å². The molecule has 0 spiro atoms. The molecule has 1 unspecified atom stereocenters. The summed E-state index contributed by atoms with van der Waals surface area (Å²) < 4.78 is 0. The number of rotatable bonds is 5. The van der Waals surface area contributed by atoms with Crippen LogP contribution in [0.4, 0.5) is 0 Å².